The van der Waals surface area contributed by atoms with Gasteiger partial charge in [-0.05, 0) is 26.0 Å². The predicted octanol–water partition coefficient (Wildman–Crippen LogP) is 0.988. The summed E-state index contributed by atoms with van der Waals surface area (Å²) in [5, 5.41) is 12.5. The van der Waals surface area contributed by atoms with E-state index in [1.54, 1.807) is 18.3 Å². The van der Waals surface area contributed by atoms with Gasteiger partial charge < -0.3 is 10.6 Å². The van der Waals surface area contributed by atoms with Crippen molar-refractivity contribution in [3.8, 4) is 0 Å². The molecule has 22 heavy (non-hydrogen) atoms. The zero-order valence-electron chi connectivity index (χ0n) is 12.9. The smallest absolute Gasteiger partial charge is 0.251 e. The average Bonchev–Trinajstić information content (AvgIpc) is 2.82. The van der Waals surface area contributed by atoms with E-state index in [1.165, 1.54) is 6.92 Å². The summed E-state index contributed by atoms with van der Waals surface area (Å²) in [7, 11) is 0. The molecule has 0 aliphatic rings. The first-order valence-corrected chi connectivity index (χ1v) is 6.95. The lowest BCUT2D eigenvalue weighted by Crippen LogP contribution is -2.24. The molecule has 0 aliphatic carbocycles. The van der Waals surface area contributed by atoms with E-state index in [0.29, 0.717) is 24.3 Å². The van der Waals surface area contributed by atoms with E-state index in [4.69, 9.17) is 0 Å². The van der Waals surface area contributed by atoms with Crippen LogP contribution in [0.1, 0.15) is 39.9 Å². The van der Waals surface area contributed by atoms with Crippen LogP contribution in [0.3, 0.4) is 0 Å². The Morgan fingerprint density at radius 1 is 1.23 bits per heavy atom. The van der Waals surface area contributed by atoms with Gasteiger partial charge in [0.25, 0.3) is 5.91 Å². The Balaban J connectivity index is 2.00. The molecule has 2 heterocycles. The summed E-state index contributed by atoms with van der Waals surface area (Å²) >= 11 is 0. The minimum atomic E-state index is -0.188. The van der Waals surface area contributed by atoms with E-state index in [0.717, 1.165) is 17.0 Å². The average molecular weight is 301 g/mol. The molecular formula is C15H19N5O2. The maximum absolute atomic E-state index is 12.2. The molecule has 3 N–H and O–H groups in total. The molecule has 2 aromatic rings. The second-order valence-corrected chi connectivity index (χ2v) is 5.04. The Hall–Kier alpha value is -2.70. The summed E-state index contributed by atoms with van der Waals surface area (Å²) in [5.74, 6) is -0.325. The number of carbonyl (C=O) groups excluding carboxylic acids is 2. The van der Waals surface area contributed by atoms with Gasteiger partial charge in [-0.15, -0.1) is 0 Å². The molecule has 116 valence electrons. The zero-order valence-corrected chi connectivity index (χ0v) is 12.9. The number of nitrogens with zero attached hydrogens (tertiary/aromatic N) is 2. The van der Waals surface area contributed by atoms with Crippen LogP contribution in [0, 0.1) is 13.8 Å². The molecule has 0 aliphatic heterocycles. The largest absolute Gasteiger partial charge is 0.351 e. The van der Waals surface area contributed by atoms with E-state index >= 15 is 0 Å². The van der Waals surface area contributed by atoms with Gasteiger partial charge in [0, 0.05) is 36.5 Å². The summed E-state index contributed by atoms with van der Waals surface area (Å²) in [4.78, 5) is 27.2. The number of H-pyrrole nitrogens is 1. The maximum atomic E-state index is 12.2. The molecule has 0 saturated carbocycles. The predicted molar refractivity (Wildman–Crippen MR) is 81.0 cm³/mol. The van der Waals surface area contributed by atoms with Crippen molar-refractivity contribution >= 4 is 11.8 Å². The SMILES string of the molecule is CC(=O)NCc1cc(C(=O)NCc2c(C)n[nH]c2C)ccn1. The zero-order chi connectivity index (χ0) is 16.1. The highest BCUT2D eigenvalue weighted by Gasteiger charge is 2.10. The van der Waals surface area contributed by atoms with Crippen molar-refractivity contribution in [2.75, 3.05) is 0 Å². The minimum Gasteiger partial charge on any atom is -0.351 e. The van der Waals surface area contributed by atoms with Crippen molar-refractivity contribution in [3.05, 3.63) is 46.5 Å². The number of amides is 2. The van der Waals surface area contributed by atoms with Crippen LogP contribution in [0.15, 0.2) is 18.3 Å². The number of nitrogens with one attached hydrogen (secondary N) is 3. The minimum absolute atomic E-state index is 0.137. The number of pyridine rings is 1. The molecule has 2 aromatic heterocycles. The number of aromatic amines is 1. The first kappa shape index (κ1) is 15.7. The van der Waals surface area contributed by atoms with Crippen molar-refractivity contribution in [1.82, 2.24) is 25.8 Å². The van der Waals surface area contributed by atoms with Crippen molar-refractivity contribution in [3.63, 3.8) is 0 Å². The van der Waals surface area contributed by atoms with Crippen LogP contribution in [0.5, 0.6) is 0 Å². The fraction of sp³-hybridized carbons (Fsp3) is 0.333. The van der Waals surface area contributed by atoms with Gasteiger partial charge in [-0.2, -0.15) is 5.10 Å². The molecule has 7 nitrogen and oxygen atoms in total. The lowest BCUT2D eigenvalue weighted by molar-refractivity contribution is -0.119. The van der Waals surface area contributed by atoms with E-state index < -0.39 is 0 Å². The summed E-state index contributed by atoms with van der Waals surface area (Å²) in [6.07, 6.45) is 1.56. The van der Waals surface area contributed by atoms with Gasteiger partial charge in [-0.1, -0.05) is 0 Å². The Kier molecular flexibility index (Phi) is 4.88. The van der Waals surface area contributed by atoms with Crippen molar-refractivity contribution in [2.45, 2.75) is 33.9 Å². The lowest BCUT2D eigenvalue weighted by Gasteiger charge is -2.07. The fourth-order valence-corrected chi connectivity index (χ4v) is 2.04. The third kappa shape index (κ3) is 3.91. The summed E-state index contributed by atoms with van der Waals surface area (Å²) in [6.45, 7) is 5.96. The number of aryl methyl sites for hydroxylation is 2. The normalized spacial score (nSPS) is 10.3. The molecule has 0 radical (unpaired) electrons. The number of aromatic nitrogens is 3. The Morgan fingerprint density at radius 3 is 2.64 bits per heavy atom. The van der Waals surface area contributed by atoms with E-state index in [9.17, 15) is 9.59 Å². The van der Waals surface area contributed by atoms with Gasteiger partial charge in [0.15, 0.2) is 0 Å². The van der Waals surface area contributed by atoms with Gasteiger partial charge in [0.05, 0.1) is 17.9 Å². The molecule has 0 bridgehead atoms. The summed E-state index contributed by atoms with van der Waals surface area (Å²) < 4.78 is 0. The third-order valence-corrected chi connectivity index (χ3v) is 3.30. The van der Waals surface area contributed by atoms with E-state index in [2.05, 4.69) is 25.8 Å². The first-order chi connectivity index (χ1) is 10.5. The van der Waals surface area contributed by atoms with Gasteiger partial charge in [0.2, 0.25) is 5.91 Å². The fourth-order valence-electron chi connectivity index (χ4n) is 2.04. The second-order valence-electron chi connectivity index (χ2n) is 5.04. The van der Waals surface area contributed by atoms with Crippen LogP contribution >= 0.6 is 0 Å². The Morgan fingerprint density at radius 2 is 2.00 bits per heavy atom. The third-order valence-electron chi connectivity index (χ3n) is 3.30. The maximum Gasteiger partial charge on any atom is 0.251 e. The van der Waals surface area contributed by atoms with Gasteiger partial charge in [-0.3, -0.25) is 19.7 Å². The number of carbonyl (C=O) groups is 2. The monoisotopic (exact) mass is 301 g/mol. The standard InChI is InChI=1S/C15H19N5O2/c1-9-14(10(2)20-19-9)8-18-15(22)12-4-5-16-13(6-12)7-17-11(3)21/h4-6H,7-8H2,1-3H3,(H,17,21)(H,18,22)(H,19,20). The molecule has 0 saturated heterocycles. The molecule has 7 heteroatoms. The highest BCUT2D eigenvalue weighted by Crippen LogP contribution is 2.09. The number of hydrogen-bond acceptors (Lipinski definition) is 4. The van der Waals surface area contributed by atoms with Gasteiger partial charge >= 0.3 is 0 Å². The quantitative estimate of drug-likeness (QED) is 0.766. The van der Waals surface area contributed by atoms with Crippen molar-refractivity contribution < 1.29 is 9.59 Å². The van der Waals surface area contributed by atoms with Crippen LogP contribution in [0.25, 0.3) is 0 Å². The van der Waals surface area contributed by atoms with Crippen LogP contribution in [0.4, 0.5) is 0 Å². The van der Waals surface area contributed by atoms with Gasteiger partial charge in [-0.25, -0.2) is 0 Å². The first-order valence-electron chi connectivity index (χ1n) is 6.95. The lowest BCUT2D eigenvalue weighted by atomic mass is 10.1. The molecular weight excluding hydrogens is 282 g/mol. The van der Waals surface area contributed by atoms with Crippen LogP contribution < -0.4 is 10.6 Å². The Bertz CT molecular complexity index is 673. The molecule has 0 spiro atoms. The van der Waals surface area contributed by atoms with Gasteiger partial charge in [0.1, 0.15) is 0 Å². The highest BCUT2D eigenvalue weighted by molar-refractivity contribution is 5.94. The summed E-state index contributed by atoms with van der Waals surface area (Å²) in [5.41, 5.74) is 3.95. The van der Waals surface area contributed by atoms with E-state index in [1.807, 2.05) is 13.8 Å². The molecule has 0 fully saturated rings. The van der Waals surface area contributed by atoms with E-state index in [-0.39, 0.29) is 11.8 Å². The van der Waals surface area contributed by atoms with Crippen LogP contribution in [-0.4, -0.2) is 27.0 Å². The van der Waals surface area contributed by atoms with Crippen LogP contribution in [0.2, 0.25) is 0 Å². The van der Waals surface area contributed by atoms with Crippen molar-refractivity contribution in [2.24, 2.45) is 0 Å². The summed E-state index contributed by atoms with van der Waals surface area (Å²) in [6, 6.07) is 3.31. The van der Waals surface area contributed by atoms with Crippen molar-refractivity contribution in [1.29, 1.82) is 0 Å². The molecule has 2 rings (SSSR count). The van der Waals surface area contributed by atoms with Crippen LogP contribution in [-0.2, 0) is 17.9 Å². The molecule has 2 amide bonds. The molecule has 0 aromatic carbocycles. The number of hydrogen-bond donors (Lipinski definition) is 3. The molecule has 0 atom stereocenters. The second kappa shape index (κ2) is 6.84. The molecule has 0 unspecified atom stereocenters. The topological polar surface area (TPSA) is 99.8 Å². The Labute approximate surface area is 128 Å². The number of rotatable bonds is 5. The highest BCUT2D eigenvalue weighted by atomic mass is 16.2.